The Balaban J connectivity index is 2.03. The van der Waals surface area contributed by atoms with Crippen molar-refractivity contribution in [3.63, 3.8) is 0 Å². The molecule has 0 unspecified atom stereocenters. The molecular formula is C16H24ClN3O. The number of rotatable bonds is 4. The topological polar surface area (TPSA) is 35.6 Å². The fraction of sp³-hybridized carbons (Fsp3) is 0.562. The molecule has 1 saturated heterocycles. The number of likely N-dealkylation sites (tertiary alicyclic amines) is 1. The Morgan fingerprint density at radius 2 is 2.05 bits per heavy atom. The first-order valence-corrected chi connectivity index (χ1v) is 7.80. The molecule has 1 aromatic carbocycles. The number of amides is 1. The first-order chi connectivity index (χ1) is 10.0. The first-order valence-electron chi connectivity index (χ1n) is 7.42. The quantitative estimate of drug-likeness (QED) is 0.929. The molecule has 0 atom stereocenters. The number of halogens is 1. The monoisotopic (exact) mass is 309 g/mol. The number of hydrogen-bond donors (Lipinski definition) is 1. The zero-order chi connectivity index (χ0) is 15.4. The summed E-state index contributed by atoms with van der Waals surface area (Å²) in [6, 6.07) is 5.41. The van der Waals surface area contributed by atoms with Crippen molar-refractivity contribution < 1.29 is 4.79 Å². The summed E-state index contributed by atoms with van der Waals surface area (Å²) in [5.41, 5.74) is 1.50. The van der Waals surface area contributed by atoms with Crippen molar-refractivity contribution >= 4 is 23.2 Å². The molecule has 116 valence electrons. The smallest absolute Gasteiger partial charge is 0.256 e. The second kappa shape index (κ2) is 7.14. The Morgan fingerprint density at radius 1 is 1.38 bits per heavy atom. The Bertz CT molecular complexity index is 496. The fourth-order valence-electron chi connectivity index (χ4n) is 2.92. The SMILES string of the molecule is CNc1ccc(Cl)cc1C(=O)N1CCC(CN(C)C)CC1. The van der Waals surface area contributed by atoms with Gasteiger partial charge in [-0.05, 0) is 51.1 Å². The summed E-state index contributed by atoms with van der Waals surface area (Å²) in [7, 11) is 6.02. The molecule has 1 aromatic rings. The van der Waals surface area contributed by atoms with Crippen LogP contribution in [0.3, 0.4) is 0 Å². The van der Waals surface area contributed by atoms with E-state index in [2.05, 4.69) is 24.3 Å². The second-order valence-corrected chi connectivity index (χ2v) is 6.37. The predicted octanol–water partition coefficient (Wildman–Crippen LogP) is 2.80. The van der Waals surface area contributed by atoms with Crippen LogP contribution in [0.4, 0.5) is 5.69 Å². The number of carbonyl (C=O) groups excluding carboxylic acids is 1. The van der Waals surface area contributed by atoms with E-state index in [-0.39, 0.29) is 5.91 Å². The summed E-state index contributed by atoms with van der Waals surface area (Å²) in [6.45, 7) is 2.75. The number of nitrogens with zero attached hydrogens (tertiary/aromatic N) is 2. The van der Waals surface area contributed by atoms with Gasteiger partial charge in [0.25, 0.3) is 5.91 Å². The van der Waals surface area contributed by atoms with Crippen LogP contribution < -0.4 is 5.32 Å². The third-order valence-corrected chi connectivity index (χ3v) is 4.24. The van der Waals surface area contributed by atoms with Gasteiger partial charge in [0.1, 0.15) is 0 Å². The van der Waals surface area contributed by atoms with E-state index in [1.165, 1.54) is 0 Å². The van der Waals surface area contributed by atoms with Gasteiger partial charge >= 0.3 is 0 Å². The summed E-state index contributed by atoms with van der Waals surface area (Å²) in [5.74, 6) is 0.761. The lowest BCUT2D eigenvalue weighted by Gasteiger charge is -2.33. The zero-order valence-electron chi connectivity index (χ0n) is 13.0. The van der Waals surface area contributed by atoms with E-state index in [1.54, 1.807) is 12.1 Å². The van der Waals surface area contributed by atoms with Crippen molar-refractivity contribution in [2.75, 3.05) is 46.1 Å². The average molecular weight is 310 g/mol. The highest BCUT2D eigenvalue weighted by atomic mass is 35.5. The van der Waals surface area contributed by atoms with Gasteiger partial charge in [0.05, 0.1) is 5.56 Å². The molecule has 1 fully saturated rings. The zero-order valence-corrected chi connectivity index (χ0v) is 13.8. The van der Waals surface area contributed by atoms with Crippen LogP contribution in [0.2, 0.25) is 5.02 Å². The lowest BCUT2D eigenvalue weighted by Crippen LogP contribution is -2.40. The highest BCUT2D eigenvalue weighted by Crippen LogP contribution is 2.25. The van der Waals surface area contributed by atoms with E-state index in [4.69, 9.17) is 11.6 Å². The van der Waals surface area contributed by atoms with Crippen LogP contribution in [0.1, 0.15) is 23.2 Å². The van der Waals surface area contributed by atoms with Crippen molar-refractivity contribution in [1.29, 1.82) is 0 Å². The van der Waals surface area contributed by atoms with E-state index in [9.17, 15) is 4.79 Å². The van der Waals surface area contributed by atoms with Gasteiger partial charge in [-0.3, -0.25) is 4.79 Å². The third-order valence-electron chi connectivity index (χ3n) is 4.01. The normalized spacial score (nSPS) is 16.3. The third kappa shape index (κ3) is 4.11. The van der Waals surface area contributed by atoms with Crippen LogP contribution >= 0.6 is 11.6 Å². The molecule has 0 saturated carbocycles. The van der Waals surface area contributed by atoms with Gasteiger partial charge < -0.3 is 15.1 Å². The Hall–Kier alpha value is -1.26. The van der Waals surface area contributed by atoms with Crippen LogP contribution in [0, 0.1) is 5.92 Å². The molecule has 0 spiro atoms. The molecule has 0 aliphatic carbocycles. The summed E-state index contributed by atoms with van der Waals surface area (Å²) in [5, 5.41) is 3.66. The first kappa shape index (κ1) is 16.1. The number of benzene rings is 1. The molecule has 5 heteroatoms. The van der Waals surface area contributed by atoms with Gasteiger partial charge in [-0.1, -0.05) is 11.6 Å². The summed E-state index contributed by atoms with van der Waals surface area (Å²) >= 11 is 6.03. The maximum atomic E-state index is 12.7. The maximum Gasteiger partial charge on any atom is 0.256 e. The van der Waals surface area contributed by atoms with Crippen molar-refractivity contribution in [3.05, 3.63) is 28.8 Å². The lowest BCUT2D eigenvalue weighted by molar-refractivity contribution is 0.0679. The molecule has 0 bridgehead atoms. The van der Waals surface area contributed by atoms with E-state index in [1.807, 2.05) is 18.0 Å². The molecule has 1 N–H and O–H groups in total. The molecule has 4 nitrogen and oxygen atoms in total. The lowest BCUT2D eigenvalue weighted by atomic mass is 9.96. The van der Waals surface area contributed by atoms with Gasteiger partial charge in [0.2, 0.25) is 0 Å². The van der Waals surface area contributed by atoms with Crippen molar-refractivity contribution in [3.8, 4) is 0 Å². The van der Waals surface area contributed by atoms with Gasteiger partial charge in [-0.15, -0.1) is 0 Å². The molecule has 0 aromatic heterocycles. The Morgan fingerprint density at radius 3 is 2.62 bits per heavy atom. The standard InChI is InChI=1S/C16H24ClN3O/c1-18-15-5-4-13(17)10-14(15)16(21)20-8-6-12(7-9-20)11-19(2)3/h4-5,10,12,18H,6-9,11H2,1-3H3. The number of carbonyl (C=O) groups is 1. The second-order valence-electron chi connectivity index (χ2n) is 5.94. The van der Waals surface area contributed by atoms with Crippen LogP contribution in [-0.2, 0) is 0 Å². The van der Waals surface area contributed by atoms with Crippen molar-refractivity contribution in [2.45, 2.75) is 12.8 Å². The molecule has 1 heterocycles. The molecule has 1 aliphatic heterocycles. The summed E-state index contributed by atoms with van der Waals surface area (Å²) < 4.78 is 0. The molecular weight excluding hydrogens is 286 g/mol. The summed E-state index contributed by atoms with van der Waals surface area (Å²) in [6.07, 6.45) is 2.14. The van der Waals surface area contributed by atoms with Crippen LogP contribution in [0.15, 0.2) is 18.2 Å². The minimum Gasteiger partial charge on any atom is -0.387 e. The predicted molar refractivity (Wildman–Crippen MR) is 88.2 cm³/mol. The maximum absolute atomic E-state index is 12.7. The van der Waals surface area contributed by atoms with Crippen LogP contribution in [0.25, 0.3) is 0 Å². The largest absolute Gasteiger partial charge is 0.387 e. The van der Waals surface area contributed by atoms with E-state index in [0.717, 1.165) is 38.2 Å². The minimum absolute atomic E-state index is 0.0742. The Kier molecular flexibility index (Phi) is 5.48. The minimum atomic E-state index is 0.0742. The van der Waals surface area contributed by atoms with Gasteiger partial charge in [0.15, 0.2) is 0 Å². The number of anilines is 1. The van der Waals surface area contributed by atoms with Crippen molar-refractivity contribution in [2.24, 2.45) is 5.92 Å². The van der Waals surface area contributed by atoms with Gasteiger partial charge in [0, 0.05) is 37.4 Å². The fourth-order valence-corrected chi connectivity index (χ4v) is 3.09. The summed E-state index contributed by atoms with van der Waals surface area (Å²) in [4.78, 5) is 16.8. The molecule has 2 rings (SSSR count). The van der Waals surface area contributed by atoms with Crippen molar-refractivity contribution in [1.82, 2.24) is 9.80 Å². The average Bonchev–Trinajstić information content (AvgIpc) is 2.46. The number of nitrogens with one attached hydrogen (secondary N) is 1. The molecule has 0 radical (unpaired) electrons. The van der Waals surface area contributed by atoms with E-state index >= 15 is 0 Å². The van der Waals surface area contributed by atoms with Gasteiger partial charge in [-0.2, -0.15) is 0 Å². The van der Waals surface area contributed by atoms with Crippen LogP contribution in [0.5, 0.6) is 0 Å². The van der Waals surface area contributed by atoms with E-state index < -0.39 is 0 Å². The highest BCUT2D eigenvalue weighted by Gasteiger charge is 2.25. The molecule has 1 aliphatic rings. The number of piperidine rings is 1. The van der Waals surface area contributed by atoms with Gasteiger partial charge in [-0.25, -0.2) is 0 Å². The highest BCUT2D eigenvalue weighted by molar-refractivity contribution is 6.31. The van der Waals surface area contributed by atoms with E-state index in [0.29, 0.717) is 16.5 Å². The Labute approximate surface area is 132 Å². The molecule has 1 amide bonds. The van der Waals surface area contributed by atoms with Crippen LogP contribution in [-0.4, -0.2) is 56.5 Å². The molecule has 21 heavy (non-hydrogen) atoms. The number of hydrogen-bond acceptors (Lipinski definition) is 3.